The number of carbonyl (C=O) groups excluding carboxylic acids is 1. The lowest BCUT2D eigenvalue weighted by Crippen LogP contribution is -2.39. The molecular weight excluding hydrogens is 298 g/mol. The molecule has 1 unspecified atom stereocenters. The van der Waals surface area contributed by atoms with Crippen molar-refractivity contribution < 1.29 is 9.90 Å². The van der Waals surface area contributed by atoms with Gasteiger partial charge >= 0.3 is 0 Å². The molecule has 1 atom stereocenters. The van der Waals surface area contributed by atoms with Gasteiger partial charge in [0, 0.05) is 5.56 Å². The molecule has 1 N–H and O–H groups in total. The Morgan fingerprint density at radius 3 is 3.00 bits per heavy atom. The van der Waals surface area contributed by atoms with E-state index in [4.69, 9.17) is 0 Å². The molecule has 0 radical (unpaired) electrons. The fourth-order valence-corrected chi connectivity index (χ4v) is 3.40. The Morgan fingerprint density at radius 2 is 2.23 bits per heavy atom. The molecule has 22 heavy (non-hydrogen) atoms. The van der Waals surface area contributed by atoms with Gasteiger partial charge in [-0.05, 0) is 31.4 Å². The smallest absolute Gasteiger partial charge is 0.239 e. The minimum Gasteiger partial charge on any atom is -0.507 e. The molecule has 1 aliphatic heterocycles. The van der Waals surface area contributed by atoms with Crippen LogP contribution in [-0.2, 0) is 4.79 Å². The third-order valence-corrected chi connectivity index (χ3v) is 4.56. The van der Waals surface area contributed by atoms with Crippen LogP contribution in [0.5, 0.6) is 5.75 Å². The van der Waals surface area contributed by atoms with Crippen molar-refractivity contribution in [1.29, 1.82) is 0 Å². The van der Waals surface area contributed by atoms with Crippen molar-refractivity contribution in [3.63, 3.8) is 0 Å². The zero-order chi connectivity index (χ0) is 15.4. The van der Waals surface area contributed by atoms with Crippen LogP contribution in [0, 0.1) is 0 Å². The van der Waals surface area contributed by atoms with Crippen LogP contribution in [0.4, 0.5) is 0 Å². The molecule has 0 saturated carbocycles. The average molecular weight is 315 g/mol. The first-order chi connectivity index (χ1) is 10.8. The van der Waals surface area contributed by atoms with Gasteiger partial charge in [-0.2, -0.15) is 5.10 Å². The highest BCUT2D eigenvalue weighted by Crippen LogP contribution is 2.27. The van der Waals surface area contributed by atoms with Gasteiger partial charge in [0.25, 0.3) is 0 Å². The van der Waals surface area contributed by atoms with Gasteiger partial charge in [0.1, 0.15) is 5.75 Å². The molecular formula is C16H17N3O2S. The number of amides is 1. The van der Waals surface area contributed by atoms with Crippen LogP contribution in [0.3, 0.4) is 0 Å². The number of nitrogens with zero attached hydrogens (tertiary/aromatic N) is 3. The van der Waals surface area contributed by atoms with Crippen LogP contribution in [0.15, 0.2) is 46.6 Å². The predicted molar refractivity (Wildman–Crippen MR) is 89.2 cm³/mol. The molecule has 2 aliphatic rings. The van der Waals surface area contributed by atoms with Gasteiger partial charge in [-0.25, -0.2) is 0 Å². The molecule has 1 saturated heterocycles. The van der Waals surface area contributed by atoms with Crippen LogP contribution in [-0.4, -0.2) is 39.1 Å². The molecule has 0 aromatic heterocycles. The van der Waals surface area contributed by atoms with Gasteiger partial charge in [-0.15, -0.1) is 5.10 Å². The molecule has 1 aromatic rings. The summed E-state index contributed by atoms with van der Waals surface area (Å²) in [5.74, 6) is 0.654. The third kappa shape index (κ3) is 3.22. The van der Waals surface area contributed by atoms with Crippen molar-refractivity contribution in [2.24, 2.45) is 10.2 Å². The second-order valence-corrected chi connectivity index (χ2v) is 6.11. The van der Waals surface area contributed by atoms with Gasteiger partial charge in [-0.1, -0.05) is 36.0 Å². The monoisotopic (exact) mass is 315 g/mol. The number of phenols is 1. The largest absolute Gasteiger partial charge is 0.507 e. The summed E-state index contributed by atoms with van der Waals surface area (Å²) in [4.78, 5) is 13.8. The Hall–Kier alpha value is -2.08. The molecule has 6 heteroatoms. The fourth-order valence-electron chi connectivity index (χ4n) is 2.52. The Bertz CT molecular complexity index is 655. The summed E-state index contributed by atoms with van der Waals surface area (Å²) in [7, 11) is 0. The van der Waals surface area contributed by atoms with Crippen molar-refractivity contribution in [2.45, 2.75) is 25.3 Å². The number of amidine groups is 1. The van der Waals surface area contributed by atoms with Gasteiger partial charge < -0.3 is 5.11 Å². The molecule has 114 valence electrons. The number of thioether (sulfide) groups is 1. The normalized spacial score (nSPS) is 23.8. The Morgan fingerprint density at radius 1 is 1.36 bits per heavy atom. The Balaban J connectivity index is 1.77. The first kappa shape index (κ1) is 14.8. The third-order valence-electron chi connectivity index (χ3n) is 3.64. The first-order valence-electron chi connectivity index (χ1n) is 7.26. The van der Waals surface area contributed by atoms with E-state index in [0.717, 1.165) is 19.3 Å². The quantitative estimate of drug-likeness (QED) is 0.530. The zero-order valence-corrected chi connectivity index (χ0v) is 12.9. The molecule has 1 aromatic carbocycles. The van der Waals surface area contributed by atoms with Crippen molar-refractivity contribution >= 4 is 29.1 Å². The summed E-state index contributed by atoms with van der Waals surface area (Å²) in [5.41, 5.74) is 0.602. The number of phenolic OH excluding ortho intramolecular Hbond substituents is 1. The van der Waals surface area contributed by atoms with Gasteiger partial charge in [0.15, 0.2) is 5.17 Å². The number of rotatable bonds is 3. The van der Waals surface area contributed by atoms with E-state index in [1.807, 2.05) is 6.07 Å². The van der Waals surface area contributed by atoms with Crippen molar-refractivity contribution in [3.05, 3.63) is 42.0 Å². The van der Waals surface area contributed by atoms with Gasteiger partial charge in [0.05, 0.1) is 18.0 Å². The predicted octanol–water partition coefficient (Wildman–Crippen LogP) is 2.77. The molecule has 3 rings (SSSR count). The highest BCUT2D eigenvalue weighted by molar-refractivity contribution is 8.15. The first-order valence-corrected chi connectivity index (χ1v) is 8.25. The fraction of sp³-hybridized carbons (Fsp3) is 0.312. The summed E-state index contributed by atoms with van der Waals surface area (Å²) in [6.45, 7) is 0. The number of benzene rings is 1. The van der Waals surface area contributed by atoms with Crippen LogP contribution in [0.2, 0.25) is 0 Å². The van der Waals surface area contributed by atoms with E-state index in [0.29, 0.717) is 16.5 Å². The molecule has 1 fully saturated rings. The number of aromatic hydroxyl groups is 1. The van der Waals surface area contributed by atoms with E-state index in [9.17, 15) is 9.90 Å². The molecule has 5 nitrogen and oxygen atoms in total. The van der Waals surface area contributed by atoms with Gasteiger partial charge in [0.2, 0.25) is 5.91 Å². The van der Waals surface area contributed by atoms with Crippen LogP contribution in [0.1, 0.15) is 24.8 Å². The highest BCUT2D eigenvalue weighted by Gasteiger charge is 2.33. The van der Waals surface area contributed by atoms with Crippen molar-refractivity contribution in [2.75, 3.05) is 5.75 Å². The number of hydrogen-bond donors (Lipinski definition) is 1. The maximum absolute atomic E-state index is 12.1. The maximum atomic E-state index is 12.1. The minimum absolute atomic E-state index is 0.0815. The van der Waals surface area contributed by atoms with E-state index < -0.39 is 0 Å². The molecule has 1 heterocycles. The summed E-state index contributed by atoms with van der Waals surface area (Å²) < 4.78 is 0. The van der Waals surface area contributed by atoms with E-state index in [1.54, 1.807) is 23.1 Å². The highest BCUT2D eigenvalue weighted by atomic mass is 32.2. The van der Waals surface area contributed by atoms with Crippen molar-refractivity contribution in [3.8, 4) is 5.75 Å². The van der Waals surface area contributed by atoms with E-state index in [2.05, 4.69) is 22.4 Å². The second kappa shape index (κ2) is 6.79. The summed E-state index contributed by atoms with van der Waals surface area (Å²) in [6.07, 6.45) is 8.82. The lowest BCUT2D eigenvalue weighted by atomic mass is 10.0. The van der Waals surface area contributed by atoms with Crippen molar-refractivity contribution in [1.82, 2.24) is 4.90 Å². The molecule has 1 amide bonds. The lowest BCUT2D eigenvalue weighted by molar-refractivity contribution is -0.125. The molecule has 0 spiro atoms. The second-order valence-electron chi connectivity index (χ2n) is 5.16. The van der Waals surface area contributed by atoms with Crippen LogP contribution >= 0.6 is 11.8 Å². The zero-order valence-electron chi connectivity index (χ0n) is 12.1. The maximum Gasteiger partial charge on any atom is 0.239 e. The molecule has 0 bridgehead atoms. The minimum atomic E-state index is 0.0815. The summed E-state index contributed by atoms with van der Waals surface area (Å²) >= 11 is 1.41. The summed E-state index contributed by atoms with van der Waals surface area (Å²) in [5, 5.41) is 18.5. The summed E-state index contributed by atoms with van der Waals surface area (Å²) in [6, 6.07) is 7.02. The number of para-hydroxylation sites is 1. The van der Waals surface area contributed by atoms with Gasteiger partial charge in [-0.3, -0.25) is 9.69 Å². The van der Waals surface area contributed by atoms with E-state index >= 15 is 0 Å². The number of allylic oxidation sites excluding steroid dienone is 1. The SMILES string of the molecule is O=C1CSC(=N/N=C/c2ccccc2O)N1C1C=CCCC1. The van der Waals surface area contributed by atoms with Crippen LogP contribution < -0.4 is 0 Å². The number of carbonyl (C=O) groups is 1. The van der Waals surface area contributed by atoms with E-state index in [1.165, 1.54) is 18.0 Å². The Labute approximate surface area is 133 Å². The average Bonchev–Trinajstić information content (AvgIpc) is 2.91. The number of hydrogen-bond acceptors (Lipinski definition) is 5. The molecule has 1 aliphatic carbocycles. The standard InChI is InChI=1S/C16H17N3O2S/c20-14-9-5-4-6-12(14)10-17-18-16-19(15(21)11-22-16)13-7-2-1-3-8-13/h2,4-7,9-10,13,20H,1,3,8,11H2/b17-10+,18-16?. The Kier molecular flexibility index (Phi) is 4.58. The topological polar surface area (TPSA) is 65.3 Å². The van der Waals surface area contributed by atoms with Crippen LogP contribution in [0.25, 0.3) is 0 Å². The van der Waals surface area contributed by atoms with E-state index in [-0.39, 0.29) is 17.7 Å². The lowest BCUT2D eigenvalue weighted by Gasteiger charge is -2.26.